The van der Waals surface area contributed by atoms with Crippen molar-refractivity contribution in [3.8, 4) is 5.69 Å². The summed E-state index contributed by atoms with van der Waals surface area (Å²) in [4.78, 5) is 35.2. The van der Waals surface area contributed by atoms with Crippen molar-refractivity contribution in [3.05, 3.63) is 69.4 Å². The van der Waals surface area contributed by atoms with Crippen LogP contribution in [0.2, 0.25) is 5.02 Å². The van der Waals surface area contributed by atoms with E-state index in [0.717, 1.165) is 21.5 Å². The third-order valence-corrected chi connectivity index (χ3v) is 3.80. The van der Waals surface area contributed by atoms with Gasteiger partial charge in [0.15, 0.2) is 0 Å². The summed E-state index contributed by atoms with van der Waals surface area (Å²) in [6.45, 7) is -0.384. The zero-order valence-electron chi connectivity index (χ0n) is 13.6. The Hall–Kier alpha value is -3.53. The Morgan fingerprint density at radius 2 is 1.85 bits per heavy atom. The average Bonchev–Trinajstić information content (AvgIpc) is 2.95. The summed E-state index contributed by atoms with van der Waals surface area (Å²) in [5, 5.41) is 9.82. The van der Waals surface area contributed by atoms with Crippen molar-refractivity contribution in [1.82, 2.24) is 19.8 Å². The second-order valence-electron chi connectivity index (χ2n) is 5.42. The van der Waals surface area contributed by atoms with Crippen LogP contribution in [0, 0.1) is 5.82 Å². The minimum Gasteiger partial charge on any atom is -0.368 e. The first-order valence-corrected chi connectivity index (χ1v) is 7.91. The Morgan fingerprint density at radius 1 is 1.15 bits per heavy atom. The monoisotopic (exact) mass is 390 g/mol. The molecule has 11 heteroatoms. The number of rotatable bonds is 5. The Kier molecular flexibility index (Phi) is 4.99. The van der Waals surface area contributed by atoms with Crippen molar-refractivity contribution in [1.29, 1.82) is 0 Å². The molecule has 0 spiro atoms. The molecule has 0 aliphatic rings. The van der Waals surface area contributed by atoms with Gasteiger partial charge in [-0.1, -0.05) is 11.6 Å². The van der Waals surface area contributed by atoms with Crippen molar-refractivity contribution >= 4 is 29.1 Å². The number of hydrogen-bond donors (Lipinski definition) is 2. The summed E-state index contributed by atoms with van der Waals surface area (Å²) in [7, 11) is 0. The second-order valence-corrected chi connectivity index (χ2v) is 5.83. The van der Waals surface area contributed by atoms with Crippen LogP contribution in [0.25, 0.3) is 5.69 Å². The minimum atomic E-state index is -0.721. The van der Waals surface area contributed by atoms with Crippen LogP contribution in [0.4, 0.5) is 10.1 Å². The molecule has 0 radical (unpaired) electrons. The molecule has 3 N–H and O–H groups in total. The van der Waals surface area contributed by atoms with Crippen molar-refractivity contribution in [2.45, 2.75) is 6.54 Å². The van der Waals surface area contributed by atoms with E-state index in [9.17, 15) is 18.8 Å². The number of nitrogens with one attached hydrogen (secondary N) is 1. The molecule has 0 aliphatic heterocycles. The fraction of sp³-hybridized carbons (Fsp3) is 0.0625. The maximum atomic E-state index is 13.1. The van der Waals surface area contributed by atoms with Crippen molar-refractivity contribution in [2.24, 2.45) is 5.73 Å². The van der Waals surface area contributed by atoms with Gasteiger partial charge >= 0.3 is 5.69 Å². The van der Waals surface area contributed by atoms with Crippen LogP contribution in [0.15, 0.2) is 47.3 Å². The van der Waals surface area contributed by atoms with Crippen LogP contribution in [-0.4, -0.2) is 31.6 Å². The number of carbonyl (C=O) groups is 2. The molecule has 0 saturated carbocycles. The van der Waals surface area contributed by atoms with Crippen LogP contribution in [0.3, 0.4) is 0 Å². The lowest BCUT2D eigenvalue weighted by Crippen LogP contribution is -2.30. The van der Waals surface area contributed by atoms with Crippen molar-refractivity contribution in [3.63, 3.8) is 0 Å². The van der Waals surface area contributed by atoms with Gasteiger partial charge in [0.05, 0.1) is 16.3 Å². The molecule has 27 heavy (non-hydrogen) atoms. The van der Waals surface area contributed by atoms with E-state index in [-0.39, 0.29) is 17.1 Å². The number of primary amides is 1. The third-order valence-electron chi connectivity index (χ3n) is 3.49. The van der Waals surface area contributed by atoms with E-state index in [0.29, 0.717) is 11.4 Å². The average molecular weight is 391 g/mol. The van der Waals surface area contributed by atoms with Crippen LogP contribution in [-0.2, 0) is 11.3 Å². The number of amides is 2. The largest absolute Gasteiger partial charge is 0.368 e. The molecule has 2 amide bonds. The van der Waals surface area contributed by atoms with Gasteiger partial charge in [-0.25, -0.2) is 9.18 Å². The third kappa shape index (κ3) is 4.01. The van der Waals surface area contributed by atoms with E-state index >= 15 is 0 Å². The first kappa shape index (κ1) is 18.3. The fourth-order valence-corrected chi connectivity index (χ4v) is 2.49. The van der Waals surface area contributed by atoms with E-state index < -0.39 is 23.3 Å². The lowest BCUT2D eigenvalue weighted by Gasteiger charge is -2.07. The zero-order valence-corrected chi connectivity index (χ0v) is 14.4. The van der Waals surface area contributed by atoms with E-state index in [1.165, 1.54) is 30.3 Å². The second kappa shape index (κ2) is 7.38. The molecule has 1 aromatic heterocycles. The number of tetrazole rings is 1. The summed E-state index contributed by atoms with van der Waals surface area (Å²) in [6.07, 6.45) is 0. The van der Waals surface area contributed by atoms with Gasteiger partial charge in [-0.3, -0.25) is 9.59 Å². The van der Waals surface area contributed by atoms with Crippen LogP contribution >= 0.6 is 11.6 Å². The molecule has 0 atom stereocenters. The molecule has 0 aliphatic carbocycles. The normalized spacial score (nSPS) is 10.6. The maximum absolute atomic E-state index is 13.1. The molecule has 0 unspecified atom stereocenters. The molecule has 2 aromatic carbocycles. The molecular weight excluding hydrogens is 379 g/mol. The summed E-state index contributed by atoms with van der Waals surface area (Å²) >= 11 is 5.86. The molecule has 3 aromatic rings. The highest BCUT2D eigenvalue weighted by Gasteiger charge is 2.13. The highest BCUT2D eigenvalue weighted by atomic mass is 35.5. The zero-order chi connectivity index (χ0) is 19.6. The van der Waals surface area contributed by atoms with Gasteiger partial charge in [0, 0.05) is 5.69 Å². The number of aromatic nitrogens is 4. The quantitative estimate of drug-likeness (QED) is 0.671. The number of benzene rings is 2. The molecule has 3 rings (SSSR count). The smallest absolute Gasteiger partial charge is 0.368 e. The number of carbonyl (C=O) groups excluding carboxylic acids is 2. The highest BCUT2D eigenvalue weighted by Crippen LogP contribution is 2.19. The number of hydrogen-bond acceptors (Lipinski definition) is 5. The topological polar surface area (TPSA) is 125 Å². The number of halogens is 2. The van der Waals surface area contributed by atoms with E-state index in [4.69, 9.17) is 17.3 Å². The summed E-state index contributed by atoms with van der Waals surface area (Å²) in [5.41, 5.74) is 5.30. The molecule has 138 valence electrons. The van der Waals surface area contributed by atoms with Crippen LogP contribution < -0.4 is 16.7 Å². The minimum absolute atomic E-state index is 0.0123. The predicted octanol–water partition coefficient (Wildman–Crippen LogP) is 0.959. The lowest BCUT2D eigenvalue weighted by atomic mass is 10.2. The fourth-order valence-electron chi connectivity index (χ4n) is 2.24. The summed E-state index contributed by atoms with van der Waals surface area (Å²) < 4.78 is 14.9. The van der Waals surface area contributed by atoms with E-state index in [2.05, 4.69) is 15.7 Å². The molecule has 9 nitrogen and oxygen atoms in total. The predicted molar refractivity (Wildman–Crippen MR) is 94.2 cm³/mol. The van der Waals surface area contributed by atoms with Gasteiger partial charge < -0.3 is 11.1 Å². The lowest BCUT2D eigenvalue weighted by molar-refractivity contribution is -0.118. The van der Waals surface area contributed by atoms with Crippen LogP contribution in [0.1, 0.15) is 10.4 Å². The van der Waals surface area contributed by atoms with E-state index in [1.54, 1.807) is 0 Å². The molecule has 0 saturated heterocycles. The molecule has 0 fully saturated rings. The maximum Gasteiger partial charge on any atom is 0.368 e. The number of nitrogens with two attached hydrogens (primary N) is 1. The number of anilines is 1. The van der Waals surface area contributed by atoms with Gasteiger partial charge in [-0.2, -0.15) is 9.36 Å². The Morgan fingerprint density at radius 3 is 2.48 bits per heavy atom. The molecular formula is C16H12ClFN6O3. The van der Waals surface area contributed by atoms with Gasteiger partial charge in [-0.15, -0.1) is 0 Å². The Labute approximate surface area is 156 Å². The summed E-state index contributed by atoms with van der Waals surface area (Å²) in [5.74, 6) is -1.78. The van der Waals surface area contributed by atoms with Crippen molar-refractivity contribution in [2.75, 3.05) is 5.32 Å². The summed E-state index contributed by atoms with van der Waals surface area (Å²) in [6, 6.07) is 9.55. The Balaban J connectivity index is 1.78. The SMILES string of the molecule is NC(=O)Cn1nnn(-c2ccc(NC(=O)c3ccc(F)cc3Cl)cc2)c1=O. The standard InChI is InChI=1S/C16H12ClFN6O3/c17-13-7-9(18)1-6-12(13)15(26)20-10-2-4-11(5-3-10)24-16(27)23(21-22-24)8-14(19)25/h1-7H,8H2,(H2,19,25)(H,20,26). The van der Waals surface area contributed by atoms with E-state index in [1.807, 2.05) is 0 Å². The van der Waals surface area contributed by atoms with Gasteiger partial charge in [-0.05, 0) is 52.9 Å². The van der Waals surface area contributed by atoms with Gasteiger partial charge in [0.1, 0.15) is 12.4 Å². The molecule has 1 heterocycles. The Bertz CT molecular complexity index is 1080. The highest BCUT2D eigenvalue weighted by molar-refractivity contribution is 6.34. The molecule has 0 bridgehead atoms. The number of nitrogens with zero attached hydrogens (tertiary/aromatic N) is 4. The van der Waals surface area contributed by atoms with Gasteiger partial charge in [0.25, 0.3) is 5.91 Å². The first-order chi connectivity index (χ1) is 12.8. The van der Waals surface area contributed by atoms with Crippen LogP contribution in [0.5, 0.6) is 0 Å². The van der Waals surface area contributed by atoms with Gasteiger partial charge in [0.2, 0.25) is 5.91 Å². The first-order valence-electron chi connectivity index (χ1n) is 7.53. The van der Waals surface area contributed by atoms with Crippen molar-refractivity contribution < 1.29 is 14.0 Å².